The summed E-state index contributed by atoms with van der Waals surface area (Å²) in [5.74, 6) is 8.46. The van der Waals surface area contributed by atoms with Gasteiger partial charge >= 0.3 is 0 Å². The van der Waals surface area contributed by atoms with E-state index in [1.54, 1.807) is 0 Å². The van der Waals surface area contributed by atoms with Gasteiger partial charge in [-0.25, -0.2) is 0 Å². The summed E-state index contributed by atoms with van der Waals surface area (Å²) in [5.41, 5.74) is 1.54. The maximum atomic E-state index is 9.61. The minimum atomic E-state index is -0.864. The third-order valence-corrected chi connectivity index (χ3v) is 2.29. The summed E-state index contributed by atoms with van der Waals surface area (Å²) in [4.78, 5) is 0. The summed E-state index contributed by atoms with van der Waals surface area (Å²) < 4.78 is 0. The number of aliphatic hydroxyl groups excluding tert-OH is 1. The van der Waals surface area contributed by atoms with Crippen LogP contribution in [-0.4, -0.2) is 5.11 Å². The molecule has 0 bridgehead atoms. The number of rotatable bonds is 3. The summed E-state index contributed by atoms with van der Waals surface area (Å²) >= 11 is 0. The second-order valence-electron chi connectivity index (χ2n) is 3.56. The monoisotopic (exact) mass is 212 g/mol. The topological polar surface area (TPSA) is 20.2 Å². The van der Waals surface area contributed by atoms with E-state index < -0.39 is 6.10 Å². The molecule has 0 fully saturated rings. The Morgan fingerprint density at radius 3 is 2.81 bits per heavy atom. The van der Waals surface area contributed by atoms with Crippen LogP contribution in [0.4, 0.5) is 0 Å². The SMILES string of the molecule is C#CC(O)c1ccccc1C#CCCCC. The number of aliphatic hydroxyl groups is 1. The zero-order valence-electron chi connectivity index (χ0n) is 9.53. The van der Waals surface area contributed by atoms with Crippen molar-refractivity contribution in [2.24, 2.45) is 0 Å². The highest BCUT2D eigenvalue weighted by atomic mass is 16.3. The van der Waals surface area contributed by atoms with E-state index in [0.717, 1.165) is 24.8 Å². The molecule has 16 heavy (non-hydrogen) atoms. The normalized spacial score (nSPS) is 11.1. The molecule has 1 rings (SSSR count). The Balaban J connectivity index is 2.86. The third-order valence-electron chi connectivity index (χ3n) is 2.29. The molecule has 0 aromatic heterocycles. The maximum Gasteiger partial charge on any atom is 0.141 e. The van der Waals surface area contributed by atoms with E-state index in [9.17, 15) is 5.11 Å². The molecule has 0 aliphatic carbocycles. The molecular weight excluding hydrogens is 196 g/mol. The lowest BCUT2D eigenvalue weighted by molar-refractivity contribution is 0.238. The lowest BCUT2D eigenvalue weighted by atomic mass is 10.0. The second-order valence-corrected chi connectivity index (χ2v) is 3.56. The minimum absolute atomic E-state index is 0.717. The zero-order valence-corrected chi connectivity index (χ0v) is 9.53. The number of hydrogen-bond acceptors (Lipinski definition) is 1. The van der Waals surface area contributed by atoms with Gasteiger partial charge in [0.25, 0.3) is 0 Å². The number of hydrogen-bond donors (Lipinski definition) is 1. The molecule has 1 aromatic carbocycles. The molecule has 0 saturated heterocycles. The molecule has 1 heteroatoms. The Labute approximate surface area is 97.5 Å². The fourth-order valence-electron chi connectivity index (χ4n) is 1.36. The Bertz CT molecular complexity index is 429. The van der Waals surface area contributed by atoms with Gasteiger partial charge in [-0.15, -0.1) is 6.42 Å². The molecule has 0 spiro atoms. The first kappa shape index (κ1) is 12.4. The predicted octanol–water partition coefficient (Wildman–Crippen LogP) is 2.89. The Kier molecular flexibility index (Phi) is 5.20. The number of terminal acetylenes is 1. The van der Waals surface area contributed by atoms with Gasteiger partial charge < -0.3 is 5.11 Å². The van der Waals surface area contributed by atoms with Crippen molar-refractivity contribution in [3.63, 3.8) is 0 Å². The summed E-state index contributed by atoms with van der Waals surface area (Å²) in [7, 11) is 0. The molecule has 0 radical (unpaired) electrons. The van der Waals surface area contributed by atoms with Crippen LogP contribution in [0.25, 0.3) is 0 Å². The summed E-state index contributed by atoms with van der Waals surface area (Å²) in [6, 6.07) is 7.45. The molecule has 1 atom stereocenters. The van der Waals surface area contributed by atoms with Crippen LogP contribution in [-0.2, 0) is 0 Å². The largest absolute Gasteiger partial charge is 0.376 e. The fraction of sp³-hybridized carbons (Fsp3) is 0.333. The van der Waals surface area contributed by atoms with Crippen molar-refractivity contribution in [2.75, 3.05) is 0 Å². The molecule has 0 aliphatic heterocycles. The van der Waals surface area contributed by atoms with Crippen molar-refractivity contribution >= 4 is 0 Å². The Morgan fingerprint density at radius 1 is 1.38 bits per heavy atom. The van der Waals surface area contributed by atoms with Crippen LogP contribution in [0.3, 0.4) is 0 Å². The first-order chi connectivity index (χ1) is 7.79. The molecule has 82 valence electrons. The average molecular weight is 212 g/mol. The van der Waals surface area contributed by atoms with Crippen LogP contribution in [0, 0.1) is 24.2 Å². The minimum Gasteiger partial charge on any atom is -0.376 e. The van der Waals surface area contributed by atoms with Crippen LogP contribution in [0.15, 0.2) is 24.3 Å². The summed E-state index contributed by atoms with van der Waals surface area (Å²) in [6.45, 7) is 2.14. The quantitative estimate of drug-likeness (QED) is 0.603. The average Bonchev–Trinajstić information content (AvgIpc) is 2.34. The van der Waals surface area contributed by atoms with Crippen LogP contribution in [0.2, 0.25) is 0 Å². The van der Waals surface area contributed by atoms with Crippen LogP contribution in [0.5, 0.6) is 0 Å². The highest BCUT2D eigenvalue weighted by Crippen LogP contribution is 2.16. The van der Waals surface area contributed by atoms with Gasteiger partial charge in [0, 0.05) is 17.5 Å². The molecule has 0 aliphatic rings. The van der Waals surface area contributed by atoms with E-state index in [2.05, 4.69) is 24.7 Å². The fourth-order valence-corrected chi connectivity index (χ4v) is 1.36. The van der Waals surface area contributed by atoms with Crippen LogP contribution in [0.1, 0.15) is 43.4 Å². The predicted molar refractivity (Wildman–Crippen MR) is 66.6 cm³/mol. The van der Waals surface area contributed by atoms with E-state index in [1.807, 2.05) is 24.3 Å². The zero-order chi connectivity index (χ0) is 11.8. The van der Waals surface area contributed by atoms with Crippen molar-refractivity contribution in [2.45, 2.75) is 32.3 Å². The Morgan fingerprint density at radius 2 is 2.12 bits per heavy atom. The van der Waals surface area contributed by atoms with Gasteiger partial charge in [0.15, 0.2) is 0 Å². The van der Waals surface area contributed by atoms with Gasteiger partial charge in [-0.05, 0) is 12.5 Å². The maximum absolute atomic E-state index is 9.61. The lowest BCUT2D eigenvalue weighted by Crippen LogP contribution is -1.96. The van der Waals surface area contributed by atoms with Crippen molar-refractivity contribution in [3.05, 3.63) is 35.4 Å². The third kappa shape index (κ3) is 3.46. The molecule has 0 heterocycles. The van der Waals surface area contributed by atoms with Gasteiger partial charge in [0.2, 0.25) is 0 Å². The van der Waals surface area contributed by atoms with Crippen molar-refractivity contribution in [3.8, 4) is 24.2 Å². The standard InChI is InChI=1S/C15H16O/c1-3-5-6-7-10-13-11-8-9-12-14(13)15(16)4-2/h2,8-9,11-12,15-16H,3,5-6H2,1H3. The van der Waals surface area contributed by atoms with Gasteiger partial charge in [-0.2, -0.15) is 0 Å². The summed E-state index contributed by atoms with van der Waals surface area (Å²) in [5, 5.41) is 9.61. The molecule has 1 aromatic rings. The molecule has 0 amide bonds. The highest BCUT2D eigenvalue weighted by Gasteiger charge is 2.06. The van der Waals surface area contributed by atoms with Crippen molar-refractivity contribution in [1.82, 2.24) is 0 Å². The lowest BCUT2D eigenvalue weighted by Gasteiger charge is -2.05. The second kappa shape index (κ2) is 6.72. The van der Waals surface area contributed by atoms with Gasteiger partial charge in [-0.1, -0.05) is 49.3 Å². The molecule has 1 nitrogen and oxygen atoms in total. The van der Waals surface area contributed by atoms with Crippen LogP contribution >= 0.6 is 0 Å². The first-order valence-corrected chi connectivity index (χ1v) is 5.51. The number of benzene rings is 1. The molecule has 1 unspecified atom stereocenters. The van der Waals surface area contributed by atoms with E-state index >= 15 is 0 Å². The first-order valence-electron chi connectivity index (χ1n) is 5.51. The van der Waals surface area contributed by atoms with E-state index in [-0.39, 0.29) is 0 Å². The smallest absolute Gasteiger partial charge is 0.141 e. The highest BCUT2D eigenvalue weighted by molar-refractivity contribution is 5.44. The van der Waals surface area contributed by atoms with E-state index in [4.69, 9.17) is 6.42 Å². The molecular formula is C15H16O. The van der Waals surface area contributed by atoms with E-state index in [1.165, 1.54) is 0 Å². The number of unbranched alkanes of at least 4 members (excludes halogenated alkanes) is 2. The van der Waals surface area contributed by atoms with Crippen LogP contribution < -0.4 is 0 Å². The van der Waals surface area contributed by atoms with Crippen molar-refractivity contribution in [1.29, 1.82) is 0 Å². The molecule has 1 N–H and O–H groups in total. The summed E-state index contributed by atoms with van der Waals surface area (Å²) in [6.07, 6.45) is 7.47. The van der Waals surface area contributed by atoms with Gasteiger partial charge in [0.1, 0.15) is 6.10 Å². The molecule has 0 saturated carbocycles. The van der Waals surface area contributed by atoms with Gasteiger partial charge in [0.05, 0.1) is 0 Å². The van der Waals surface area contributed by atoms with Gasteiger partial charge in [-0.3, -0.25) is 0 Å². The van der Waals surface area contributed by atoms with E-state index in [0.29, 0.717) is 5.56 Å². The van der Waals surface area contributed by atoms with Crippen molar-refractivity contribution < 1.29 is 5.11 Å². The Hall–Kier alpha value is -1.70.